The maximum Gasteiger partial charge on any atom is 0.392 e. The average Bonchev–Trinajstić information content (AvgIpc) is 2.92. The van der Waals surface area contributed by atoms with E-state index in [-0.39, 0.29) is 12.2 Å². The van der Waals surface area contributed by atoms with E-state index in [4.69, 9.17) is 5.73 Å². The largest absolute Gasteiger partial charge is 0.392 e. The zero-order chi connectivity index (χ0) is 27.7. The summed E-state index contributed by atoms with van der Waals surface area (Å²) in [5.41, 5.74) is 8.15. The predicted molar refractivity (Wildman–Crippen MR) is 139 cm³/mol. The first-order valence-corrected chi connectivity index (χ1v) is 13.7. The van der Waals surface area contributed by atoms with Crippen LogP contribution in [-0.4, -0.2) is 46.4 Å². The summed E-state index contributed by atoms with van der Waals surface area (Å²) in [6, 6.07) is 9.54. The fourth-order valence-electron chi connectivity index (χ4n) is 6.48. The quantitative estimate of drug-likeness (QED) is 0.535. The Bertz CT molecular complexity index is 1240. The van der Waals surface area contributed by atoms with E-state index in [0.717, 1.165) is 23.3 Å². The second-order valence-corrected chi connectivity index (χ2v) is 10.9. The minimum Gasteiger partial charge on any atom is -0.384 e. The Balaban J connectivity index is 1.43. The summed E-state index contributed by atoms with van der Waals surface area (Å²) in [6.45, 7) is 0.407. The molecule has 0 bridgehead atoms. The molecule has 3 atom stereocenters. The highest BCUT2D eigenvalue weighted by Crippen LogP contribution is 2.43. The summed E-state index contributed by atoms with van der Waals surface area (Å²) in [6.07, 6.45) is 0.825. The normalized spacial score (nSPS) is 22.7. The number of rotatable bonds is 6. The number of hydrogen-bond acceptors (Lipinski definition) is 5. The highest BCUT2D eigenvalue weighted by atomic mass is 19.4. The molecule has 1 aromatic heterocycles. The van der Waals surface area contributed by atoms with Crippen molar-refractivity contribution in [2.75, 3.05) is 17.2 Å². The number of alkyl halides is 3. The molecule has 208 valence electrons. The van der Waals surface area contributed by atoms with Crippen LogP contribution in [0, 0.1) is 17.8 Å². The first kappa shape index (κ1) is 27.1. The summed E-state index contributed by atoms with van der Waals surface area (Å²) >= 11 is 0. The number of benzene rings is 1. The second kappa shape index (κ2) is 11.0. The van der Waals surface area contributed by atoms with Crippen molar-refractivity contribution < 1.29 is 27.6 Å². The van der Waals surface area contributed by atoms with Gasteiger partial charge in [-0.05, 0) is 67.3 Å². The maximum absolute atomic E-state index is 14.1. The van der Waals surface area contributed by atoms with E-state index in [9.17, 15) is 27.6 Å². The standard InChI is InChI=1S/C29H33F3N4O3/c30-29(31,32)22(19-7-2-1-3-8-19)17-25(37)36-26(21(27(36)38)15-18-12-13-34-24(33)16-18)28(39)35-14-6-10-20-9-4-5-11-23(20)35/h4-5,9,11-13,16,19,21-22,26H,1-3,6-8,10,14-15,17H2,(H2,33,34)/t21-,22+,26+/m1/s1. The fraction of sp³-hybridized carbons (Fsp3) is 0.517. The lowest BCUT2D eigenvalue weighted by molar-refractivity contribution is -0.199. The first-order valence-electron chi connectivity index (χ1n) is 13.7. The van der Waals surface area contributed by atoms with Crippen molar-refractivity contribution >= 4 is 29.2 Å². The van der Waals surface area contributed by atoms with Crippen LogP contribution in [0.1, 0.15) is 56.1 Å². The van der Waals surface area contributed by atoms with Crippen LogP contribution >= 0.6 is 0 Å². The number of aryl methyl sites for hydroxylation is 1. The van der Waals surface area contributed by atoms with Gasteiger partial charge >= 0.3 is 6.18 Å². The predicted octanol–water partition coefficient (Wildman–Crippen LogP) is 4.69. The number of carbonyl (C=O) groups is 3. The molecule has 1 aliphatic carbocycles. The zero-order valence-corrected chi connectivity index (χ0v) is 21.7. The van der Waals surface area contributed by atoms with Crippen molar-refractivity contribution in [3.05, 3.63) is 53.7 Å². The van der Waals surface area contributed by atoms with Gasteiger partial charge in [0, 0.05) is 24.8 Å². The second-order valence-electron chi connectivity index (χ2n) is 10.9. The minimum atomic E-state index is -4.56. The third-order valence-corrected chi connectivity index (χ3v) is 8.45. The number of β-lactam (4-membered cyclic amide) rings is 1. The minimum absolute atomic E-state index is 0.131. The SMILES string of the molecule is Nc1cc(C[C@H]2C(=O)N(C(=O)C[C@@H](C3CCCCC3)C(F)(F)F)[C@@H]2C(=O)N2CCCc3ccccc32)ccn1. The number of hydrogen-bond donors (Lipinski definition) is 1. The van der Waals surface area contributed by atoms with Crippen molar-refractivity contribution in [3.8, 4) is 0 Å². The molecule has 1 aromatic carbocycles. The number of carbonyl (C=O) groups excluding carboxylic acids is 3. The third kappa shape index (κ3) is 5.51. The topological polar surface area (TPSA) is 96.6 Å². The fourth-order valence-corrected chi connectivity index (χ4v) is 6.48. The van der Waals surface area contributed by atoms with Crippen molar-refractivity contribution in [3.63, 3.8) is 0 Å². The Labute approximate surface area is 225 Å². The van der Waals surface area contributed by atoms with Crippen molar-refractivity contribution in [1.29, 1.82) is 0 Å². The first-order chi connectivity index (χ1) is 18.6. The highest BCUT2D eigenvalue weighted by Gasteiger charge is 2.57. The molecule has 0 unspecified atom stereocenters. The van der Waals surface area contributed by atoms with E-state index in [0.29, 0.717) is 49.9 Å². The Morgan fingerprint density at radius 1 is 1.08 bits per heavy atom. The maximum atomic E-state index is 14.1. The molecule has 1 saturated heterocycles. The smallest absolute Gasteiger partial charge is 0.384 e. The Hall–Kier alpha value is -3.43. The molecule has 2 aliphatic heterocycles. The van der Waals surface area contributed by atoms with Gasteiger partial charge in [0.15, 0.2) is 0 Å². The summed E-state index contributed by atoms with van der Waals surface area (Å²) in [5, 5.41) is 0. The molecule has 2 fully saturated rings. The number of nitrogens with two attached hydrogens (primary N) is 1. The number of nitrogens with zero attached hydrogens (tertiary/aromatic N) is 3. The van der Waals surface area contributed by atoms with E-state index in [1.807, 2.05) is 24.3 Å². The highest BCUT2D eigenvalue weighted by molar-refractivity contribution is 6.13. The molecular weight excluding hydrogens is 509 g/mol. The van der Waals surface area contributed by atoms with Crippen LogP contribution in [-0.2, 0) is 27.2 Å². The molecule has 3 aliphatic rings. The Morgan fingerprint density at radius 3 is 2.54 bits per heavy atom. The number of amides is 3. The molecule has 2 aromatic rings. The van der Waals surface area contributed by atoms with Gasteiger partial charge in [0.2, 0.25) is 11.8 Å². The monoisotopic (exact) mass is 542 g/mol. The number of para-hydroxylation sites is 1. The number of pyridine rings is 1. The van der Waals surface area contributed by atoms with Crippen molar-refractivity contribution in [2.24, 2.45) is 17.8 Å². The lowest BCUT2D eigenvalue weighted by Crippen LogP contribution is -2.69. The van der Waals surface area contributed by atoms with Gasteiger partial charge in [0.1, 0.15) is 11.9 Å². The van der Waals surface area contributed by atoms with Gasteiger partial charge in [0.25, 0.3) is 5.91 Å². The van der Waals surface area contributed by atoms with Crippen LogP contribution in [0.25, 0.3) is 0 Å². The number of halogens is 3. The van der Waals surface area contributed by atoms with E-state index < -0.39 is 54.1 Å². The van der Waals surface area contributed by atoms with Crippen LogP contribution in [0.5, 0.6) is 0 Å². The number of imide groups is 1. The number of fused-ring (bicyclic) bond motifs is 1. The molecule has 3 amide bonds. The van der Waals surface area contributed by atoms with Crippen LogP contribution < -0.4 is 10.6 Å². The number of nitrogen functional groups attached to an aromatic ring is 1. The van der Waals surface area contributed by atoms with Crippen LogP contribution in [0.3, 0.4) is 0 Å². The van der Waals surface area contributed by atoms with Crippen molar-refractivity contribution in [1.82, 2.24) is 9.88 Å². The number of likely N-dealkylation sites (tertiary alicyclic amines) is 1. The van der Waals surface area contributed by atoms with E-state index in [2.05, 4.69) is 4.98 Å². The summed E-state index contributed by atoms with van der Waals surface area (Å²) < 4.78 is 42.3. The lowest BCUT2D eigenvalue weighted by Gasteiger charge is -2.47. The molecule has 5 rings (SSSR count). The summed E-state index contributed by atoms with van der Waals surface area (Å²) in [7, 11) is 0. The van der Waals surface area contributed by atoms with E-state index in [1.165, 1.54) is 6.20 Å². The van der Waals surface area contributed by atoms with E-state index >= 15 is 0 Å². The van der Waals surface area contributed by atoms with E-state index in [1.54, 1.807) is 17.0 Å². The third-order valence-electron chi connectivity index (χ3n) is 8.45. The van der Waals surface area contributed by atoms with Gasteiger partial charge in [-0.1, -0.05) is 37.5 Å². The van der Waals surface area contributed by atoms with Gasteiger partial charge in [-0.25, -0.2) is 4.98 Å². The molecule has 2 N–H and O–H groups in total. The van der Waals surface area contributed by atoms with Crippen LogP contribution in [0.4, 0.5) is 24.7 Å². The van der Waals surface area contributed by atoms with Crippen LogP contribution in [0.2, 0.25) is 0 Å². The Kier molecular flexibility index (Phi) is 7.64. The molecule has 10 heteroatoms. The lowest BCUT2D eigenvalue weighted by atomic mass is 9.76. The average molecular weight is 543 g/mol. The summed E-state index contributed by atoms with van der Waals surface area (Å²) in [4.78, 5) is 47.1. The molecule has 3 heterocycles. The van der Waals surface area contributed by atoms with Gasteiger partial charge in [-0.2, -0.15) is 13.2 Å². The zero-order valence-electron chi connectivity index (χ0n) is 21.7. The van der Waals surface area contributed by atoms with Gasteiger partial charge < -0.3 is 10.6 Å². The molecule has 1 saturated carbocycles. The van der Waals surface area contributed by atoms with Crippen molar-refractivity contribution in [2.45, 2.75) is 70.0 Å². The van der Waals surface area contributed by atoms with Crippen LogP contribution in [0.15, 0.2) is 42.6 Å². The van der Waals surface area contributed by atoms with Gasteiger partial charge in [-0.15, -0.1) is 0 Å². The van der Waals surface area contributed by atoms with Gasteiger partial charge in [-0.3, -0.25) is 19.3 Å². The van der Waals surface area contributed by atoms with Gasteiger partial charge in [0.05, 0.1) is 11.8 Å². The molecule has 39 heavy (non-hydrogen) atoms. The number of anilines is 2. The summed E-state index contributed by atoms with van der Waals surface area (Å²) in [5.74, 6) is -5.10. The molecule has 0 spiro atoms. The molecule has 0 radical (unpaired) electrons. The molecule has 7 nitrogen and oxygen atoms in total. The molecular formula is C29H33F3N4O3. The Morgan fingerprint density at radius 2 is 1.82 bits per heavy atom. The number of aromatic nitrogens is 1.